The van der Waals surface area contributed by atoms with Crippen LogP contribution >= 0.6 is 0 Å². The van der Waals surface area contributed by atoms with Crippen LogP contribution in [0.15, 0.2) is 55.5 Å². The van der Waals surface area contributed by atoms with E-state index in [2.05, 4.69) is 43.7 Å². The number of Topliss-reactive ketones (excluding diaryl/α,β-unsaturated/α-hetero) is 1. The lowest BCUT2D eigenvalue weighted by atomic mass is 9.70. The van der Waals surface area contributed by atoms with E-state index in [1.54, 1.807) is 0 Å². The van der Waals surface area contributed by atoms with Crippen LogP contribution in [0.4, 0.5) is 0 Å². The number of likely N-dealkylation sites (tertiary alicyclic amines) is 1. The number of rotatable bonds is 15. The number of aromatic nitrogens is 2. The lowest BCUT2D eigenvalue weighted by molar-refractivity contribution is -0.144. The summed E-state index contributed by atoms with van der Waals surface area (Å²) in [6.45, 7) is 5.87. The highest BCUT2D eigenvalue weighted by Gasteiger charge is 2.46. The molecule has 0 spiro atoms. The fourth-order valence-electron chi connectivity index (χ4n) is 7.93. The molecule has 53 heavy (non-hydrogen) atoms. The molecule has 13 nitrogen and oxygen atoms in total. The summed E-state index contributed by atoms with van der Waals surface area (Å²) in [5.74, 6) is -1.60. The van der Waals surface area contributed by atoms with Crippen LogP contribution in [0.5, 0.6) is 0 Å². The fourth-order valence-corrected chi connectivity index (χ4v) is 7.93. The molecule has 5 rings (SSSR count). The Bertz CT molecular complexity index is 1710. The predicted octanol–water partition coefficient (Wildman–Crippen LogP) is 2.21. The lowest BCUT2D eigenvalue weighted by Gasteiger charge is -2.41. The molecule has 2 heterocycles. The van der Waals surface area contributed by atoms with Gasteiger partial charge in [-0.15, -0.1) is 18.9 Å². The normalized spacial score (nSPS) is 19.4. The molecule has 1 unspecified atom stereocenters. The third-order valence-corrected chi connectivity index (χ3v) is 10.8. The number of ketones is 1. The second kappa shape index (κ2) is 17.9. The van der Waals surface area contributed by atoms with Gasteiger partial charge in [0.2, 0.25) is 23.5 Å². The topological polar surface area (TPSA) is 180 Å². The van der Waals surface area contributed by atoms with Crippen LogP contribution in [0.3, 0.4) is 0 Å². The molecule has 2 aliphatic carbocycles. The van der Waals surface area contributed by atoms with Crippen molar-refractivity contribution in [3.8, 4) is 12.3 Å². The van der Waals surface area contributed by atoms with E-state index in [0.29, 0.717) is 38.5 Å². The first-order chi connectivity index (χ1) is 25.6. The van der Waals surface area contributed by atoms with E-state index in [4.69, 9.17) is 6.42 Å². The first-order valence-electron chi connectivity index (χ1n) is 18.5. The average Bonchev–Trinajstić information content (AvgIpc) is 3.84. The Kier molecular flexibility index (Phi) is 13.1. The Morgan fingerprint density at radius 2 is 1.74 bits per heavy atom. The highest BCUT2D eigenvalue weighted by atomic mass is 16.2. The molecule has 0 radical (unpaired) electrons. The maximum atomic E-state index is 14.7. The van der Waals surface area contributed by atoms with E-state index in [-0.39, 0.29) is 37.5 Å². The van der Waals surface area contributed by atoms with E-state index in [1.807, 2.05) is 31.2 Å². The van der Waals surface area contributed by atoms with Crippen molar-refractivity contribution in [2.24, 2.45) is 11.3 Å². The molecule has 5 amide bonds. The van der Waals surface area contributed by atoms with E-state index in [9.17, 15) is 28.8 Å². The molecule has 13 heteroatoms. The number of fused-ring (bicyclic) bond motifs is 1. The Morgan fingerprint density at radius 1 is 1.02 bits per heavy atom. The predicted molar refractivity (Wildman–Crippen MR) is 197 cm³/mol. The van der Waals surface area contributed by atoms with E-state index >= 15 is 0 Å². The summed E-state index contributed by atoms with van der Waals surface area (Å²) in [5, 5.41) is 11.1. The van der Waals surface area contributed by atoms with Crippen molar-refractivity contribution in [2.45, 2.75) is 102 Å². The summed E-state index contributed by atoms with van der Waals surface area (Å²) in [5.41, 5.74) is 1.65. The minimum Gasteiger partial charge on any atom is -0.346 e. The highest BCUT2D eigenvalue weighted by molar-refractivity contribution is 6.38. The highest BCUT2D eigenvalue weighted by Crippen LogP contribution is 2.39. The average molecular weight is 724 g/mol. The zero-order valence-electron chi connectivity index (χ0n) is 30.3. The second-order valence-electron chi connectivity index (χ2n) is 14.5. The molecule has 1 saturated carbocycles. The SMILES string of the molecule is C#CCCC(NC(=O)[C@@H]1CCCN1C(=O)[C@@H](NC(=O)[C@@H](NC(=O)c1cnccn1)C1(C)CCCCC1)C1Cc2ccccc2C1)C(=O)C(=O)NCC=C. The standard InChI is InChI=1S/C40H49N7O6/c1-4-6-15-29(33(48)37(51)43-19-5-2)44-36(50)31-16-12-22-47(31)39(53)32(28-23-26-13-8-9-14-27(26)24-28)45-38(52)34(40(3)17-10-7-11-18-40)46-35(49)30-25-41-20-21-42-30/h1,5,8-9,13-14,20-21,25,28-29,31-32,34H,2,6-7,10-12,15-19,22-24H2,3H3,(H,43,51)(H,44,50)(H,45,52)(H,46,49)/t29?,31-,32-,34+/m0/s1. The zero-order valence-corrected chi connectivity index (χ0v) is 30.3. The number of nitrogens with one attached hydrogen (secondary N) is 4. The third kappa shape index (κ3) is 9.35. The summed E-state index contributed by atoms with van der Waals surface area (Å²) in [6.07, 6.45) is 17.4. The number of hydrogen-bond acceptors (Lipinski definition) is 8. The van der Waals surface area contributed by atoms with Gasteiger partial charge in [-0.3, -0.25) is 33.8 Å². The third-order valence-electron chi connectivity index (χ3n) is 10.8. The quantitative estimate of drug-likeness (QED) is 0.123. The van der Waals surface area contributed by atoms with Gasteiger partial charge in [0.05, 0.1) is 12.2 Å². The van der Waals surface area contributed by atoms with Gasteiger partial charge in [-0.25, -0.2) is 4.98 Å². The van der Waals surface area contributed by atoms with Crippen LogP contribution in [0.1, 0.15) is 86.3 Å². The summed E-state index contributed by atoms with van der Waals surface area (Å²) in [7, 11) is 0. The van der Waals surface area contributed by atoms with E-state index < -0.39 is 64.9 Å². The zero-order chi connectivity index (χ0) is 38.0. The molecule has 0 bridgehead atoms. The largest absolute Gasteiger partial charge is 0.346 e. The van der Waals surface area contributed by atoms with Crippen molar-refractivity contribution in [1.29, 1.82) is 0 Å². The van der Waals surface area contributed by atoms with Gasteiger partial charge in [0, 0.05) is 31.9 Å². The molecular weight excluding hydrogens is 674 g/mol. The number of carbonyl (C=O) groups excluding carboxylic acids is 6. The smallest absolute Gasteiger partial charge is 0.289 e. The van der Waals surface area contributed by atoms with Gasteiger partial charge in [0.15, 0.2) is 0 Å². The van der Waals surface area contributed by atoms with Crippen LogP contribution in [-0.2, 0) is 36.8 Å². The van der Waals surface area contributed by atoms with Crippen LogP contribution < -0.4 is 21.3 Å². The first kappa shape index (κ1) is 38.8. The van der Waals surface area contributed by atoms with Crippen molar-refractivity contribution in [1.82, 2.24) is 36.1 Å². The van der Waals surface area contributed by atoms with Crippen LogP contribution in [0, 0.1) is 23.7 Å². The van der Waals surface area contributed by atoms with Crippen LogP contribution in [0.25, 0.3) is 0 Å². The van der Waals surface area contributed by atoms with Crippen LogP contribution in [0.2, 0.25) is 0 Å². The number of nitrogens with zero attached hydrogens (tertiary/aromatic N) is 3. The van der Waals surface area contributed by atoms with Gasteiger partial charge >= 0.3 is 0 Å². The Morgan fingerprint density at radius 3 is 2.38 bits per heavy atom. The van der Waals surface area contributed by atoms with Gasteiger partial charge in [-0.05, 0) is 67.4 Å². The number of benzene rings is 1. The molecular formula is C40H49N7O6. The summed E-state index contributed by atoms with van der Waals surface area (Å²) >= 11 is 0. The van der Waals surface area contributed by atoms with Crippen molar-refractivity contribution < 1.29 is 28.8 Å². The van der Waals surface area contributed by atoms with Crippen molar-refractivity contribution in [2.75, 3.05) is 13.1 Å². The summed E-state index contributed by atoms with van der Waals surface area (Å²) in [4.78, 5) is 91.6. The van der Waals surface area contributed by atoms with Crippen molar-refractivity contribution in [3.63, 3.8) is 0 Å². The number of hydrogen-bond donors (Lipinski definition) is 4. The monoisotopic (exact) mass is 723 g/mol. The van der Waals surface area contributed by atoms with E-state index in [1.165, 1.54) is 29.6 Å². The number of amides is 5. The number of terminal acetylenes is 1. The maximum Gasteiger partial charge on any atom is 0.289 e. The molecule has 1 aromatic carbocycles. The van der Waals surface area contributed by atoms with Gasteiger partial charge in [-0.2, -0.15) is 0 Å². The van der Waals surface area contributed by atoms with Gasteiger partial charge in [-0.1, -0.05) is 56.5 Å². The molecule has 1 saturated heterocycles. The molecule has 2 aromatic rings. The van der Waals surface area contributed by atoms with Crippen molar-refractivity contribution >= 4 is 35.3 Å². The van der Waals surface area contributed by atoms with Gasteiger partial charge in [0.25, 0.3) is 11.8 Å². The molecule has 2 fully saturated rings. The van der Waals surface area contributed by atoms with Crippen LogP contribution in [-0.4, -0.2) is 87.4 Å². The fraction of sp³-hybridized carbons (Fsp3) is 0.500. The molecule has 1 aromatic heterocycles. The summed E-state index contributed by atoms with van der Waals surface area (Å²) in [6, 6.07) is 3.79. The molecule has 4 N–H and O–H groups in total. The Labute approximate surface area is 310 Å². The lowest BCUT2D eigenvalue weighted by Crippen LogP contribution is -2.62. The molecule has 3 aliphatic rings. The Hall–Kier alpha value is -5.38. The maximum absolute atomic E-state index is 14.7. The summed E-state index contributed by atoms with van der Waals surface area (Å²) < 4.78 is 0. The van der Waals surface area contributed by atoms with Gasteiger partial charge < -0.3 is 26.2 Å². The van der Waals surface area contributed by atoms with Crippen molar-refractivity contribution in [3.05, 3.63) is 72.3 Å². The molecule has 280 valence electrons. The molecule has 4 atom stereocenters. The number of carbonyl (C=O) groups is 6. The second-order valence-corrected chi connectivity index (χ2v) is 14.5. The van der Waals surface area contributed by atoms with Gasteiger partial charge in [0.1, 0.15) is 23.8 Å². The molecule has 1 aliphatic heterocycles. The minimum atomic E-state index is -1.18. The first-order valence-corrected chi connectivity index (χ1v) is 18.5. The minimum absolute atomic E-state index is 0.0443. The van der Waals surface area contributed by atoms with E-state index in [0.717, 1.165) is 30.4 Å². The Balaban J connectivity index is 1.40.